The van der Waals surface area contributed by atoms with Gasteiger partial charge in [0.2, 0.25) is 11.9 Å². The number of hydrogen-bond donors (Lipinski definition) is 2. The largest absolute Gasteiger partial charge is 0.463 e. The van der Waals surface area contributed by atoms with Crippen molar-refractivity contribution in [3.63, 3.8) is 0 Å². The fourth-order valence-electron chi connectivity index (χ4n) is 6.33. The molecule has 0 spiro atoms. The standard InChI is InChI=1S/C43H77N5O3/c1-4-7-10-13-16-17-19-23-30-39(29-22-18-14-11-8-5-2)38-50-35-27-33-44-41-46-42(45-40-31-24-21-25-32-40)48-43(47-41)51-37-28-36-49-34-26-20-15-12-9-6-3/h21,24-25,31-32,39H,4-20,22-23,26-30,33-38H2,1-3H3,(H2,44,45,46,47,48). The van der Waals surface area contributed by atoms with Crippen molar-refractivity contribution in [1.82, 2.24) is 15.0 Å². The van der Waals surface area contributed by atoms with Crippen LogP contribution in [0.3, 0.4) is 0 Å². The van der Waals surface area contributed by atoms with Crippen LogP contribution in [0.1, 0.15) is 175 Å². The molecule has 8 nitrogen and oxygen atoms in total. The van der Waals surface area contributed by atoms with Gasteiger partial charge in [-0.3, -0.25) is 0 Å². The van der Waals surface area contributed by atoms with Gasteiger partial charge in [-0.1, -0.05) is 161 Å². The smallest absolute Gasteiger partial charge is 0.323 e. The minimum Gasteiger partial charge on any atom is -0.463 e. The first-order valence-electron chi connectivity index (χ1n) is 21.3. The summed E-state index contributed by atoms with van der Waals surface area (Å²) in [5.74, 6) is 1.65. The Balaban J connectivity index is 1.74. The van der Waals surface area contributed by atoms with Gasteiger partial charge in [0.25, 0.3) is 0 Å². The fraction of sp³-hybridized carbons (Fsp3) is 0.791. The lowest BCUT2D eigenvalue weighted by atomic mass is 9.94. The van der Waals surface area contributed by atoms with Gasteiger partial charge in [-0.25, -0.2) is 0 Å². The molecule has 0 bridgehead atoms. The quantitative estimate of drug-likeness (QED) is 0.0669. The molecule has 1 aromatic heterocycles. The highest BCUT2D eigenvalue weighted by atomic mass is 16.5. The molecule has 51 heavy (non-hydrogen) atoms. The Bertz CT molecular complexity index is 1030. The highest BCUT2D eigenvalue weighted by Gasteiger charge is 2.11. The van der Waals surface area contributed by atoms with E-state index in [1.807, 2.05) is 30.3 Å². The SMILES string of the molecule is CCCCCCCCCCC(CCCCCCCC)COCCCNc1nc(Nc2ccccc2)nc(OCCCOCCCCCCCC)n1. The molecule has 0 aliphatic heterocycles. The number of aromatic nitrogens is 3. The minimum atomic E-state index is 0.316. The van der Waals surface area contributed by atoms with Gasteiger partial charge in [-0.2, -0.15) is 15.0 Å². The number of anilines is 3. The first-order valence-corrected chi connectivity index (χ1v) is 21.3. The zero-order valence-electron chi connectivity index (χ0n) is 33.2. The number of nitrogens with zero attached hydrogens (tertiary/aromatic N) is 3. The van der Waals surface area contributed by atoms with E-state index in [1.54, 1.807) is 0 Å². The van der Waals surface area contributed by atoms with Gasteiger partial charge in [-0.15, -0.1) is 0 Å². The minimum absolute atomic E-state index is 0.316. The summed E-state index contributed by atoms with van der Waals surface area (Å²) in [4.78, 5) is 13.7. The van der Waals surface area contributed by atoms with Gasteiger partial charge >= 0.3 is 6.01 Å². The maximum atomic E-state index is 6.26. The molecular formula is C43H77N5O3. The van der Waals surface area contributed by atoms with Crippen LogP contribution in [0.25, 0.3) is 0 Å². The van der Waals surface area contributed by atoms with Crippen LogP contribution >= 0.6 is 0 Å². The average molecular weight is 712 g/mol. The third-order valence-corrected chi connectivity index (χ3v) is 9.49. The van der Waals surface area contributed by atoms with Crippen molar-refractivity contribution in [2.45, 2.75) is 175 Å². The Kier molecular flexibility index (Phi) is 29.3. The second-order valence-electron chi connectivity index (χ2n) is 14.4. The van der Waals surface area contributed by atoms with Crippen molar-refractivity contribution >= 4 is 17.6 Å². The van der Waals surface area contributed by atoms with Gasteiger partial charge in [0.1, 0.15) is 0 Å². The molecule has 1 atom stereocenters. The van der Waals surface area contributed by atoms with E-state index in [-0.39, 0.29) is 0 Å². The van der Waals surface area contributed by atoms with Crippen molar-refractivity contribution in [2.75, 3.05) is 50.2 Å². The molecule has 1 unspecified atom stereocenters. The highest BCUT2D eigenvalue weighted by molar-refractivity contribution is 5.53. The molecule has 0 radical (unpaired) electrons. The van der Waals surface area contributed by atoms with E-state index in [9.17, 15) is 0 Å². The van der Waals surface area contributed by atoms with E-state index in [1.165, 1.54) is 135 Å². The number of hydrogen-bond acceptors (Lipinski definition) is 8. The van der Waals surface area contributed by atoms with Crippen LogP contribution in [-0.4, -0.2) is 54.5 Å². The van der Waals surface area contributed by atoms with Gasteiger partial charge in [-0.05, 0) is 43.7 Å². The van der Waals surface area contributed by atoms with Crippen molar-refractivity contribution < 1.29 is 14.2 Å². The molecule has 0 fully saturated rings. The fourth-order valence-corrected chi connectivity index (χ4v) is 6.33. The summed E-state index contributed by atoms with van der Waals surface area (Å²) in [5, 5.41) is 6.67. The number of rotatable bonds is 37. The molecule has 2 rings (SSSR count). The summed E-state index contributed by atoms with van der Waals surface area (Å²) in [7, 11) is 0. The van der Waals surface area contributed by atoms with Gasteiger partial charge < -0.3 is 24.8 Å². The number of nitrogens with one attached hydrogen (secondary N) is 2. The average Bonchev–Trinajstić information content (AvgIpc) is 3.14. The van der Waals surface area contributed by atoms with Crippen LogP contribution in [0.2, 0.25) is 0 Å². The van der Waals surface area contributed by atoms with E-state index < -0.39 is 0 Å². The molecule has 1 heterocycles. The van der Waals surface area contributed by atoms with Crippen molar-refractivity contribution in [1.29, 1.82) is 0 Å². The molecule has 0 aliphatic rings. The number of benzene rings is 1. The normalized spacial score (nSPS) is 11.9. The predicted molar refractivity (Wildman–Crippen MR) is 216 cm³/mol. The van der Waals surface area contributed by atoms with E-state index in [0.717, 1.165) is 51.3 Å². The number of ether oxygens (including phenoxy) is 3. The Hall–Kier alpha value is -2.45. The Labute approximate surface area is 313 Å². The van der Waals surface area contributed by atoms with E-state index in [4.69, 9.17) is 14.2 Å². The van der Waals surface area contributed by atoms with E-state index in [0.29, 0.717) is 37.0 Å². The zero-order chi connectivity index (χ0) is 36.3. The molecule has 0 amide bonds. The van der Waals surface area contributed by atoms with E-state index >= 15 is 0 Å². The maximum absolute atomic E-state index is 6.26. The molecule has 2 aromatic rings. The molecule has 1 aromatic carbocycles. The topological polar surface area (TPSA) is 90.4 Å². The van der Waals surface area contributed by atoms with Crippen LogP contribution in [0.4, 0.5) is 17.6 Å². The Morgan fingerprint density at radius 1 is 0.510 bits per heavy atom. The molecular weight excluding hydrogens is 635 g/mol. The Morgan fingerprint density at radius 2 is 1.04 bits per heavy atom. The first-order chi connectivity index (χ1) is 25.2. The third kappa shape index (κ3) is 26.0. The molecule has 0 aliphatic carbocycles. The summed E-state index contributed by atoms with van der Waals surface area (Å²) in [6.07, 6.45) is 31.1. The summed E-state index contributed by atoms with van der Waals surface area (Å²) in [6.45, 7) is 11.2. The van der Waals surface area contributed by atoms with E-state index in [2.05, 4.69) is 46.4 Å². The molecule has 0 saturated heterocycles. The van der Waals surface area contributed by atoms with Crippen LogP contribution < -0.4 is 15.4 Å². The lowest BCUT2D eigenvalue weighted by Gasteiger charge is -2.17. The van der Waals surface area contributed by atoms with Gasteiger partial charge in [0.05, 0.1) is 6.61 Å². The summed E-state index contributed by atoms with van der Waals surface area (Å²) in [5.41, 5.74) is 0.916. The first kappa shape index (κ1) is 44.7. The Morgan fingerprint density at radius 3 is 1.67 bits per heavy atom. The van der Waals surface area contributed by atoms with Gasteiger partial charge in [0.15, 0.2) is 0 Å². The van der Waals surface area contributed by atoms with Crippen LogP contribution in [-0.2, 0) is 9.47 Å². The summed E-state index contributed by atoms with van der Waals surface area (Å²) in [6, 6.07) is 10.3. The van der Waals surface area contributed by atoms with Crippen molar-refractivity contribution in [3.05, 3.63) is 30.3 Å². The molecule has 8 heteroatoms. The van der Waals surface area contributed by atoms with Crippen molar-refractivity contribution in [3.8, 4) is 6.01 Å². The summed E-state index contributed by atoms with van der Waals surface area (Å²) < 4.78 is 18.0. The zero-order valence-corrected chi connectivity index (χ0v) is 33.2. The highest BCUT2D eigenvalue weighted by Crippen LogP contribution is 2.21. The second kappa shape index (κ2) is 33.4. The molecule has 292 valence electrons. The molecule has 0 saturated carbocycles. The van der Waals surface area contributed by atoms with Crippen molar-refractivity contribution in [2.24, 2.45) is 5.92 Å². The second-order valence-corrected chi connectivity index (χ2v) is 14.4. The lowest BCUT2D eigenvalue weighted by Crippen LogP contribution is -2.14. The lowest BCUT2D eigenvalue weighted by molar-refractivity contribution is 0.0907. The third-order valence-electron chi connectivity index (χ3n) is 9.49. The number of para-hydroxylation sites is 1. The molecule has 2 N–H and O–H groups in total. The predicted octanol–water partition coefficient (Wildman–Crippen LogP) is 12.5. The monoisotopic (exact) mass is 712 g/mol. The van der Waals surface area contributed by atoms with Crippen LogP contribution in [0.15, 0.2) is 30.3 Å². The van der Waals surface area contributed by atoms with Crippen LogP contribution in [0, 0.1) is 5.92 Å². The van der Waals surface area contributed by atoms with Gasteiger partial charge in [0, 0.05) is 45.1 Å². The number of unbranched alkanes of at least 4 members (excludes halogenated alkanes) is 17. The maximum Gasteiger partial charge on any atom is 0.323 e. The van der Waals surface area contributed by atoms with Crippen LogP contribution in [0.5, 0.6) is 6.01 Å². The summed E-state index contributed by atoms with van der Waals surface area (Å²) >= 11 is 0.